The normalized spacial score (nSPS) is 31.7. The highest BCUT2D eigenvalue weighted by molar-refractivity contribution is 9.12. The monoisotopic (exact) mass is 1300 g/mol. The molecular weight excluding hydrogens is 1200 g/mol. The third-order valence-electron chi connectivity index (χ3n) is 19.4. The number of rotatable bonds is 19. The number of halogens is 1. The minimum atomic E-state index is -2.45. The summed E-state index contributed by atoms with van der Waals surface area (Å²) in [6.45, 7) is 37.9. The second kappa shape index (κ2) is 31.2. The summed E-state index contributed by atoms with van der Waals surface area (Å²) in [5, 5.41) is 0.0526. The lowest BCUT2D eigenvalue weighted by Crippen LogP contribution is -2.57. The van der Waals surface area contributed by atoms with Gasteiger partial charge in [0.15, 0.2) is 20.0 Å². The van der Waals surface area contributed by atoms with Crippen LogP contribution in [0.4, 0.5) is 0 Å². The molecule has 0 spiro atoms. The summed E-state index contributed by atoms with van der Waals surface area (Å²) in [5.74, 6) is 2.04. The quantitative estimate of drug-likeness (QED) is 0.0429. The molecule has 0 saturated carbocycles. The number of esters is 1. The zero-order valence-electron chi connectivity index (χ0n) is 55.7. The van der Waals surface area contributed by atoms with E-state index in [9.17, 15) is 4.79 Å². The zero-order valence-corrected chi connectivity index (χ0v) is 59.2. The Labute approximate surface area is 532 Å². The van der Waals surface area contributed by atoms with Crippen molar-refractivity contribution in [1.82, 2.24) is 9.97 Å². The Morgan fingerprint density at radius 2 is 1.59 bits per heavy atom. The van der Waals surface area contributed by atoms with Crippen LogP contribution < -0.4 is 0 Å². The van der Waals surface area contributed by atoms with E-state index < -0.39 is 52.8 Å². The molecule has 0 radical (unpaired) electrons. The van der Waals surface area contributed by atoms with Gasteiger partial charge < -0.3 is 55.6 Å². The highest BCUT2D eigenvalue weighted by atomic mass is 79.9. The van der Waals surface area contributed by atoms with Gasteiger partial charge in [-0.2, -0.15) is 0 Å². The van der Waals surface area contributed by atoms with Gasteiger partial charge in [-0.1, -0.05) is 130 Å². The number of aromatic nitrogens is 2. The molecule has 2 aromatic heterocycles. The van der Waals surface area contributed by atoms with E-state index >= 15 is 0 Å². The molecule has 8 bridgehead atoms. The molecule has 4 fully saturated rings. The van der Waals surface area contributed by atoms with Crippen molar-refractivity contribution in [3.8, 4) is 10.8 Å². The largest absolute Gasteiger partial charge is 0.458 e. The van der Waals surface area contributed by atoms with Gasteiger partial charge in [-0.05, 0) is 103 Å². The van der Waals surface area contributed by atoms with Gasteiger partial charge in [-0.25, -0.2) is 14.8 Å². The molecule has 0 aromatic carbocycles. The summed E-state index contributed by atoms with van der Waals surface area (Å²) in [5.41, 5.74) is 5.41. The fourth-order valence-corrected chi connectivity index (χ4v) is 20.9. The third-order valence-corrected chi connectivity index (χ3v) is 30.3. The van der Waals surface area contributed by atoms with Gasteiger partial charge in [0, 0.05) is 87.3 Å². The number of hydrogen-bond donors (Lipinski definition) is 0. The minimum Gasteiger partial charge on any atom is -0.458 e. The van der Waals surface area contributed by atoms with Crippen molar-refractivity contribution in [2.45, 2.75) is 274 Å². The van der Waals surface area contributed by atoms with Crippen molar-refractivity contribution in [1.29, 1.82) is 0 Å². The maximum absolute atomic E-state index is 13.9. The lowest BCUT2D eigenvalue weighted by atomic mass is 9.79. The number of fused-ring (bicyclic) bond motifs is 9. The molecular formula is C69H105BrN2O13Si2. The molecule has 7 heterocycles. The average Bonchev–Trinajstić information content (AvgIpc) is 2.23. The van der Waals surface area contributed by atoms with Crippen molar-refractivity contribution in [2.24, 2.45) is 11.8 Å². The first-order valence-corrected chi connectivity index (χ1v) is 37.8. The first-order chi connectivity index (χ1) is 41.1. The van der Waals surface area contributed by atoms with E-state index in [1.54, 1.807) is 39.9 Å². The molecule has 15 atom stereocenters. The first kappa shape index (κ1) is 70.9. The lowest BCUT2D eigenvalue weighted by Gasteiger charge is -2.49. The average molecular weight is 1310 g/mol. The SMILES string of the molecule is C=C1C[C@@H]2C[C@@H]3C[C@@H](O[Si](C)(C)C(C)(C)C)C[C@@H](O3)c3coc(n3)/C=C/C[C@H]3OC(/C(C)=C/c4coc(C[C@]5(OC)C[C@H](OC)C[C@H]([C@@H](/C=C(C)/C=C/[C@@H](CC#CBr)OC)O[Si](C(C)C)(C(C)C)C(C)C)O5)n4)[C@H](C)[C@@H](OC(=O)/C=C\C[C@@H](C1)O2)[C@H]3C. The molecule has 18 heteroatoms. The highest BCUT2D eigenvalue weighted by Crippen LogP contribution is 2.47. The fourth-order valence-electron chi connectivity index (χ4n) is 13.9. The number of oxazole rings is 2. The van der Waals surface area contributed by atoms with Crippen molar-refractivity contribution in [3.05, 3.63) is 95.4 Å². The number of nitrogens with zero attached hydrogens (tertiary/aromatic N) is 2. The van der Waals surface area contributed by atoms with Crippen LogP contribution in [0.3, 0.4) is 0 Å². The maximum Gasteiger partial charge on any atom is 0.330 e. The first-order valence-electron chi connectivity index (χ1n) is 32.0. The smallest absolute Gasteiger partial charge is 0.330 e. The van der Waals surface area contributed by atoms with Crippen LogP contribution in [0.25, 0.3) is 12.2 Å². The predicted molar refractivity (Wildman–Crippen MR) is 351 cm³/mol. The topological polar surface area (TPSA) is 161 Å². The van der Waals surface area contributed by atoms with E-state index in [1.807, 2.05) is 37.3 Å². The number of hydrogen-bond acceptors (Lipinski definition) is 15. The van der Waals surface area contributed by atoms with E-state index in [1.165, 1.54) is 0 Å². The Morgan fingerprint density at radius 1 is 0.874 bits per heavy atom. The van der Waals surface area contributed by atoms with Crippen LogP contribution in [0.5, 0.6) is 0 Å². The van der Waals surface area contributed by atoms with Crippen LogP contribution in [-0.2, 0) is 58.0 Å². The second-order valence-electron chi connectivity index (χ2n) is 27.8. The van der Waals surface area contributed by atoms with E-state index in [0.717, 1.165) is 41.7 Å². The van der Waals surface area contributed by atoms with Crippen LogP contribution in [-0.4, -0.2) is 127 Å². The molecule has 0 amide bonds. The Morgan fingerprint density at radius 3 is 2.25 bits per heavy atom. The Hall–Kier alpha value is -3.56. The van der Waals surface area contributed by atoms with Crippen molar-refractivity contribution < 1.29 is 60.4 Å². The summed E-state index contributed by atoms with van der Waals surface area (Å²) in [6.07, 6.45) is 22.4. The molecule has 7 rings (SSSR count). The van der Waals surface area contributed by atoms with Gasteiger partial charge in [0.05, 0.1) is 67.5 Å². The van der Waals surface area contributed by atoms with Gasteiger partial charge in [0.2, 0.25) is 14.2 Å². The van der Waals surface area contributed by atoms with Crippen molar-refractivity contribution >= 4 is 50.7 Å². The van der Waals surface area contributed by atoms with Gasteiger partial charge in [0.1, 0.15) is 36.1 Å². The Balaban J connectivity index is 1.14. The number of carbonyl (C=O) groups is 1. The van der Waals surface area contributed by atoms with E-state index in [0.29, 0.717) is 79.0 Å². The molecule has 1 unspecified atom stereocenters. The molecule has 4 saturated heterocycles. The minimum absolute atomic E-state index is 0.00412. The third kappa shape index (κ3) is 18.4. The highest BCUT2D eigenvalue weighted by Gasteiger charge is 2.52. The molecule has 15 nitrogen and oxygen atoms in total. The predicted octanol–water partition coefficient (Wildman–Crippen LogP) is 16.1. The molecule has 5 aliphatic heterocycles. The summed E-state index contributed by atoms with van der Waals surface area (Å²) in [7, 11) is 0.548. The van der Waals surface area contributed by atoms with Gasteiger partial charge in [-0.3, -0.25) is 0 Å². The number of allylic oxidation sites excluding steroid dienone is 2. The molecule has 0 N–H and O–H groups in total. The van der Waals surface area contributed by atoms with Crippen LogP contribution in [0, 0.1) is 22.6 Å². The number of methoxy groups -OCH3 is 3. The van der Waals surface area contributed by atoms with E-state index in [-0.39, 0.29) is 72.1 Å². The Kier molecular flexibility index (Phi) is 25.4. The standard InChI is InChI=1S/C69H105BrN2O13Si2/c1-43(2)87(44(3)4,45(5)6)85-62(33-46(7)28-29-52(74-15)24-22-30-70)61-38-57(75-16)39-69(76-17,83-61)40-64-71-51(41-77-64)34-48(9)66-50(11)67-49(10)59(81-66)25-21-26-63-72-58(42-78-63)60-37-56(84-86(18,19)68(12,13)14)36-55(80-60)35-54-32-47(8)31-53(79-54)23-20-27-65(73)82-67/h20-21,26-29,33-34,41-45,49-50,52-57,59-62,66-67H,8,23-25,31-32,35-40H2,1-7,9-19H3/b26-21+,27-20-,29-28+,46-33+,48-34+/t49-,50-,52+,53-,54+,55+,56+,57+,59+,60+,61+,62+,66?,67-,69-/m0/s1. The van der Waals surface area contributed by atoms with Gasteiger partial charge >= 0.3 is 5.97 Å². The van der Waals surface area contributed by atoms with Crippen molar-refractivity contribution in [3.63, 3.8) is 0 Å². The summed E-state index contributed by atoms with van der Waals surface area (Å²) >= 11 is 3.21. The lowest BCUT2D eigenvalue weighted by molar-refractivity contribution is -0.297. The molecule has 87 heavy (non-hydrogen) atoms. The molecule has 2 aromatic rings. The number of carbonyl (C=O) groups excluding carboxylic acids is 1. The van der Waals surface area contributed by atoms with Crippen LogP contribution >= 0.6 is 15.9 Å². The van der Waals surface area contributed by atoms with Gasteiger partial charge in [-0.15, -0.1) is 0 Å². The summed E-state index contributed by atoms with van der Waals surface area (Å²) in [4.78, 5) is 26.7. The van der Waals surface area contributed by atoms with E-state index in [4.69, 9.17) is 65.5 Å². The van der Waals surface area contributed by atoms with E-state index in [2.05, 4.69) is 142 Å². The Bertz CT molecular complexity index is 2780. The summed E-state index contributed by atoms with van der Waals surface area (Å²) in [6, 6.07) is 0. The zero-order chi connectivity index (χ0) is 63.6. The second-order valence-corrected chi connectivity index (χ2v) is 38.4. The van der Waals surface area contributed by atoms with Crippen LogP contribution in [0.15, 0.2) is 81.1 Å². The molecule has 484 valence electrons. The summed E-state index contributed by atoms with van der Waals surface area (Å²) < 4.78 is 79.8. The molecule has 5 aliphatic rings. The fraction of sp³-hybridized carbons (Fsp3) is 0.696. The maximum atomic E-state index is 13.9. The number of ether oxygens (including phenoxy) is 8. The molecule has 0 aliphatic carbocycles. The van der Waals surface area contributed by atoms with Crippen LogP contribution in [0.1, 0.15) is 183 Å². The van der Waals surface area contributed by atoms with Gasteiger partial charge in [0.25, 0.3) is 0 Å². The van der Waals surface area contributed by atoms with Crippen LogP contribution in [0.2, 0.25) is 34.8 Å². The van der Waals surface area contributed by atoms with Crippen molar-refractivity contribution in [2.75, 3.05) is 21.3 Å².